The number of amides is 1. The SMILES string of the molecule is Cc1nn(-c2ccc(Cl)cc2)c2nc(N3CCCC(C(=O)NCc4cccc(F)c4)C3)sc12. The highest BCUT2D eigenvalue weighted by molar-refractivity contribution is 7.22. The molecule has 5 rings (SSSR count). The zero-order chi connectivity index (χ0) is 22.9. The van der Waals surface area contributed by atoms with Gasteiger partial charge < -0.3 is 10.2 Å². The first-order valence-electron chi connectivity index (χ1n) is 10.9. The van der Waals surface area contributed by atoms with E-state index < -0.39 is 0 Å². The van der Waals surface area contributed by atoms with Crippen molar-refractivity contribution < 1.29 is 9.18 Å². The third kappa shape index (κ3) is 4.58. The molecule has 1 aliphatic heterocycles. The first-order chi connectivity index (χ1) is 16.0. The predicted octanol–water partition coefficient (Wildman–Crippen LogP) is 5.12. The maximum atomic E-state index is 13.4. The molecule has 0 spiro atoms. The van der Waals surface area contributed by atoms with E-state index in [0.717, 1.165) is 51.8 Å². The van der Waals surface area contributed by atoms with Crippen LogP contribution in [0.4, 0.5) is 9.52 Å². The predicted molar refractivity (Wildman–Crippen MR) is 130 cm³/mol. The van der Waals surface area contributed by atoms with Crippen LogP contribution in [0.3, 0.4) is 0 Å². The number of aromatic nitrogens is 3. The van der Waals surface area contributed by atoms with Crippen LogP contribution in [0.15, 0.2) is 48.5 Å². The molecule has 3 heterocycles. The van der Waals surface area contributed by atoms with E-state index in [1.807, 2.05) is 41.9 Å². The first-order valence-corrected chi connectivity index (χ1v) is 12.1. The Balaban J connectivity index is 1.32. The van der Waals surface area contributed by atoms with Crippen molar-refractivity contribution in [2.75, 3.05) is 18.0 Å². The maximum absolute atomic E-state index is 13.4. The minimum absolute atomic E-state index is 0.00593. The number of anilines is 1. The molecule has 4 aromatic rings. The van der Waals surface area contributed by atoms with Gasteiger partial charge >= 0.3 is 0 Å². The van der Waals surface area contributed by atoms with Gasteiger partial charge in [-0.15, -0.1) is 0 Å². The van der Waals surface area contributed by atoms with Crippen LogP contribution in [0.2, 0.25) is 5.02 Å². The van der Waals surface area contributed by atoms with Gasteiger partial charge in [-0.25, -0.2) is 9.07 Å². The lowest BCUT2D eigenvalue weighted by Crippen LogP contribution is -2.43. The third-order valence-corrected chi connectivity index (χ3v) is 7.33. The van der Waals surface area contributed by atoms with E-state index in [1.54, 1.807) is 17.4 Å². The van der Waals surface area contributed by atoms with E-state index in [-0.39, 0.29) is 17.6 Å². The molecule has 2 aromatic carbocycles. The van der Waals surface area contributed by atoms with E-state index in [9.17, 15) is 9.18 Å². The number of aryl methyl sites for hydroxylation is 1. The van der Waals surface area contributed by atoms with Crippen LogP contribution in [0.5, 0.6) is 0 Å². The van der Waals surface area contributed by atoms with Gasteiger partial charge in [-0.3, -0.25) is 4.79 Å². The molecule has 1 fully saturated rings. The molecule has 0 bridgehead atoms. The van der Waals surface area contributed by atoms with Crippen molar-refractivity contribution in [3.8, 4) is 5.69 Å². The van der Waals surface area contributed by atoms with Crippen LogP contribution in [-0.2, 0) is 11.3 Å². The molecule has 170 valence electrons. The number of carbonyl (C=O) groups is 1. The summed E-state index contributed by atoms with van der Waals surface area (Å²) < 4.78 is 16.3. The number of hydrogen-bond donors (Lipinski definition) is 1. The van der Waals surface area contributed by atoms with Gasteiger partial charge in [-0.05, 0) is 61.7 Å². The second kappa shape index (κ2) is 9.11. The lowest BCUT2D eigenvalue weighted by atomic mass is 9.97. The number of rotatable bonds is 5. The van der Waals surface area contributed by atoms with Gasteiger partial charge in [0.2, 0.25) is 5.91 Å². The van der Waals surface area contributed by atoms with Crippen LogP contribution in [0.25, 0.3) is 16.0 Å². The molecular weight excluding hydrogens is 461 g/mol. The standard InChI is InChI=1S/C24H23ClFN5OS/c1-15-21-22(31(29-15)20-9-7-18(25)8-10-20)28-24(33-21)30-11-3-5-17(14-30)23(32)27-13-16-4-2-6-19(26)12-16/h2,4,6-10,12,17H,3,5,11,13-14H2,1H3,(H,27,32). The first kappa shape index (κ1) is 21.9. The number of halogens is 2. The molecule has 2 aromatic heterocycles. The Hall–Kier alpha value is -2.97. The summed E-state index contributed by atoms with van der Waals surface area (Å²) in [4.78, 5) is 19.9. The second-order valence-electron chi connectivity index (χ2n) is 8.26. The smallest absolute Gasteiger partial charge is 0.225 e. The summed E-state index contributed by atoms with van der Waals surface area (Å²) in [5, 5.41) is 9.18. The number of hydrogen-bond acceptors (Lipinski definition) is 5. The fraction of sp³-hybridized carbons (Fsp3) is 0.292. The van der Waals surface area contributed by atoms with E-state index >= 15 is 0 Å². The zero-order valence-corrected chi connectivity index (χ0v) is 19.7. The molecule has 1 aliphatic rings. The average Bonchev–Trinajstić information content (AvgIpc) is 3.39. The van der Waals surface area contributed by atoms with Crippen molar-refractivity contribution in [1.29, 1.82) is 0 Å². The van der Waals surface area contributed by atoms with E-state index in [0.29, 0.717) is 18.1 Å². The van der Waals surface area contributed by atoms with Crippen LogP contribution >= 0.6 is 22.9 Å². The van der Waals surface area contributed by atoms with Gasteiger partial charge in [0.05, 0.1) is 22.0 Å². The fourth-order valence-electron chi connectivity index (χ4n) is 4.17. The van der Waals surface area contributed by atoms with E-state index in [1.165, 1.54) is 12.1 Å². The van der Waals surface area contributed by atoms with Gasteiger partial charge in [0.1, 0.15) is 5.82 Å². The highest BCUT2D eigenvalue weighted by Crippen LogP contribution is 2.34. The fourth-order valence-corrected chi connectivity index (χ4v) is 5.31. The summed E-state index contributed by atoms with van der Waals surface area (Å²) in [7, 11) is 0. The largest absolute Gasteiger partial charge is 0.352 e. The summed E-state index contributed by atoms with van der Waals surface area (Å²) in [6, 6.07) is 13.8. The van der Waals surface area contributed by atoms with Crippen LogP contribution < -0.4 is 10.2 Å². The number of benzene rings is 2. The second-order valence-corrected chi connectivity index (χ2v) is 9.67. The van der Waals surface area contributed by atoms with Crippen molar-refractivity contribution in [2.45, 2.75) is 26.3 Å². The number of nitrogens with one attached hydrogen (secondary N) is 1. The molecule has 0 saturated carbocycles. The van der Waals surface area contributed by atoms with Gasteiger partial charge in [0, 0.05) is 24.7 Å². The molecule has 6 nitrogen and oxygen atoms in total. The Morgan fingerprint density at radius 1 is 1.27 bits per heavy atom. The number of carbonyl (C=O) groups excluding carboxylic acids is 1. The average molecular weight is 484 g/mol. The summed E-state index contributed by atoms with van der Waals surface area (Å²) in [5.41, 5.74) is 3.39. The van der Waals surface area contributed by atoms with Crippen molar-refractivity contribution in [2.24, 2.45) is 5.92 Å². The normalized spacial score (nSPS) is 16.3. The Morgan fingerprint density at radius 3 is 2.88 bits per heavy atom. The summed E-state index contributed by atoms with van der Waals surface area (Å²) >= 11 is 7.64. The van der Waals surface area contributed by atoms with Gasteiger partial charge in [-0.2, -0.15) is 10.1 Å². The number of nitrogens with zero attached hydrogens (tertiary/aromatic N) is 4. The molecule has 0 aliphatic carbocycles. The molecule has 1 N–H and O–H groups in total. The van der Waals surface area contributed by atoms with Crippen molar-refractivity contribution >= 4 is 44.3 Å². The van der Waals surface area contributed by atoms with E-state index in [4.69, 9.17) is 16.6 Å². The molecular formula is C24H23ClFN5OS. The maximum Gasteiger partial charge on any atom is 0.225 e. The monoisotopic (exact) mass is 483 g/mol. The number of piperidine rings is 1. The molecule has 0 radical (unpaired) electrons. The Morgan fingerprint density at radius 2 is 2.09 bits per heavy atom. The van der Waals surface area contributed by atoms with Crippen LogP contribution in [0, 0.1) is 18.7 Å². The van der Waals surface area contributed by atoms with Crippen LogP contribution in [-0.4, -0.2) is 33.8 Å². The third-order valence-electron chi connectivity index (χ3n) is 5.87. The Labute approximate surface area is 200 Å². The lowest BCUT2D eigenvalue weighted by Gasteiger charge is -2.31. The summed E-state index contributed by atoms with van der Waals surface area (Å²) in [6.45, 7) is 3.77. The van der Waals surface area contributed by atoms with Crippen molar-refractivity contribution in [3.05, 3.63) is 70.6 Å². The summed E-state index contributed by atoms with van der Waals surface area (Å²) in [5.74, 6) is -0.435. The molecule has 33 heavy (non-hydrogen) atoms. The quantitative estimate of drug-likeness (QED) is 0.428. The highest BCUT2D eigenvalue weighted by atomic mass is 35.5. The molecule has 1 amide bonds. The minimum atomic E-state index is -0.297. The van der Waals surface area contributed by atoms with Crippen LogP contribution in [0.1, 0.15) is 24.1 Å². The molecule has 1 saturated heterocycles. The lowest BCUT2D eigenvalue weighted by molar-refractivity contribution is -0.125. The van der Waals surface area contributed by atoms with Gasteiger partial charge in [0.25, 0.3) is 0 Å². The minimum Gasteiger partial charge on any atom is -0.352 e. The molecule has 1 atom stereocenters. The Bertz CT molecular complexity index is 1300. The molecule has 9 heteroatoms. The summed E-state index contributed by atoms with van der Waals surface area (Å²) in [6.07, 6.45) is 1.74. The van der Waals surface area contributed by atoms with E-state index in [2.05, 4.69) is 15.3 Å². The number of fused-ring (bicyclic) bond motifs is 1. The van der Waals surface area contributed by atoms with Gasteiger partial charge in [0.15, 0.2) is 10.8 Å². The van der Waals surface area contributed by atoms with Crippen molar-refractivity contribution in [3.63, 3.8) is 0 Å². The number of thiazole rings is 1. The van der Waals surface area contributed by atoms with Crippen molar-refractivity contribution in [1.82, 2.24) is 20.1 Å². The zero-order valence-electron chi connectivity index (χ0n) is 18.1. The highest BCUT2D eigenvalue weighted by Gasteiger charge is 2.28. The Kier molecular flexibility index (Phi) is 6.03. The molecule has 1 unspecified atom stereocenters. The van der Waals surface area contributed by atoms with Gasteiger partial charge in [-0.1, -0.05) is 35.1 Å². The topological polar surface area (TPSA) is 63.1 Å².